The monoisotopic (exact) mass is 514 g/mol. The van der Waals surface area contributed by atoms with Gasteiger partial charge in [-0.2, -0.15) is 11.8 Å². The number of hydrogen-bond acceptors (Lipinski definition) is 7. The Hall–Kier alpha value is -1.69. The van der Waals surface area contributed by atoms with Crippen LogP contribution in [0.25, 0.3) is 5.57 Å². The van der Waals surface area contributed by atoms with Gasteiger partial charge in [-0.3, -0.25) is 19.3 Å². The first-order chi connectivity index (χ1) is 13.7. The summed E-state index contributed by atoms with van der Waals surface area (Å²) in [4.78, 5) is 52.1. The van der Waals surface area contributed by atoms with Crippen molar-refractivity contribution in [1.82, 2.24) is 4.90 Å². The number of rotatable bonds is 5. The molecular weight excluding hydrogens is 500 g/mol. The largest absolute Gasteiger partial charge is 0.480 e. The van der Waals surface area contributed by atoms with Gasteiger partial charge in [-0.05, 0) is 36.6 Å². The number of imide groups is 1. The highest BCUT2D eigenvalue weighted by atomic mass is 79.9. The Morgan fingerprint density at radius 1 is 1.31 bits per heavy atom. The van der Waals surface area contributed by atoms with Crippen molar-refractivity contribution in [2.45, 2.75) is 19.4 Å². The van der Waals surface area contributed by atoms with Crippen LogP contribution >= 0.6 is 51.7 Å². The fraction of sp³-hybridized carbons (Fsp3) is 0.278. The summed E-state index contributed by atoms with van der Waals surface area (Å²) >= 11 is 11.0. The minimum Gasteiger partial charge on any atom is -0.480 e. The molecule has 1 aromatic rings. The van der Waals surface area contributed by atoms with Gasteiger partial charge in [0.05, 0.1) is 16.2 Å². The number of thiocarbonyl (C=S) groups is 1. The predicted molar refractivity (Wildman–Crippen MR) is 121 cm³/mol. The molecule has 1 fully saturated rings. The number of benzene rings is 1. The predicted octanol–water partition coefficient (Wildman–Crippen LogP) is 3.12. The highest BCUT2D eigenvalue weighted by Crippen LogP contribution is 2.46. The summed E-state index contributed by atoms with van der Waals surface area (Å²) in [6.07, 6.45) is 2.06. The molecule has 1 saturated heterocycles. The molecule has 11 heteroatoms. The molecule has 29 heavy (non-hydrogen) atoms. The first-order valence-corrected chi connectivity index (χ1v) is 11.8. The number of fused-ring (bicyclic) bond motifs is 1. The second-order valence-corrected chi connectivity index (χ2v) is 9.75. The molecule has 1 aromatic carbocycles. The van der Waals surface area contributed by atoms with Gasteiger partial charge in [0, 0.05) is 17.0 Å². The quantitative estimate of drug-likeness (QED) is 0.472. The average Bonchev–Trinajstić information content (AvgIpc) is 3.08. The van der Waals surface area contributed by atoms with E-state index in [2.05, 4.69) is 15.9 Å². The zero-order chi connectivity index (χ0) is 21.5. The molecule has 2 aliphatic rings. The molecule has 1 atom stereocenters. The molecule has 7 nitrogen and oxygen atoms in total. The molecule has 0 spiro atoms. The molecule has 0 bridgehead atoms. The van der Waals surface area contributed by atoms with Crippen LogP contribution in [-0.2, 0) is 19.2 Å². The number of carbonyl (C=O) groups excluding carboxylic acids is 3. The number of halogens is 1. The number of hydrogen-bond donors (Lipinski definition) is 1. The number of nitrogens with zero attached hydrogens (tertiary/aromatic N) is 2. The standard InChI is InChI=1S/C18H15BrN2O5S3/c1-8(22)20-11-4-3-9(19)7-10(11)13(15(20)23)14-16(24)21(18(27)29-14)12(17(25)26)5-6-28-2/h3-4,7,12H,5-6H2,1-2H3,(H,25,26)/b14-13-. The molecule has 2 aliphatic heterocycles. The lowest BCUT2D eigenvalue weighted by Crippen LogP contribution is -2.44. The Morgan fingerprint density at radius 3 is 2.59 bits per heavy atom. The summed E-state index contributed by atoms with van der Waals surface area (Å²) in [5.74, 6) is -2.36. The molecule has 0 aliphatic carbocycles. The van der Waals surface area contributed by atoms with E-state index in [1.807, 2.05) is 6.26 Å². The number of carboxylic acid groups (broad SMARTS) is 1. The van der Waals surface area contributed by atoms with Gasteiger partial charge in [0.1, 0.15) is 10.4 Å². The van der Waals surface area contributed by atoms with Crippen molar-refractivity contribution in [1.29, 1.82) is 0 Å². The van der Waals surface area contributed by atoms with E-state index in [0.717, 1.165) is 21.6 Å². The minimum absolute atomic E-state index is 0.0403. The van der Waals surface area contributed by atoms with Gasteiger partial charge < -0.3 is 5.11 Å². The molecule has 0 aromatic heterocycles. The van der Waals surface area contributed by atoms with E-state index < -0.39 is 29.7 Å². The molecule has 3 amide bonds. The minimum atomic E-state index is -1.16. The summed E-state index contributed by atoms with van der Waals surface area (Å²) < 4.78 is 0.752. The van der Waals surface area contributed by atoms with E-state index in [-0.39, 0.29) is 21.2 Å². The summed E-state index contributed by atoms with van der Waals surface area (Å²) in [7, 11) is 0. The molecule has 0 saturated carbocycles. The van der Waals surface area contributed by atoms with E-state index in [1.165, 1.54) is 18.7 Å². The van der Waals surface area contributed by atoms with Crippen LogP contribution in [0.3, 0.4) is 0 Å². The van der Waals surface area contributed by atoms with Gasteiger partial charge >= 0.3 is 5.97 Å². The van der Waals surface area contributed by atoms with Gasteiger partial charge in [-0.1, -0.05) is 39.9 Å². The van der Waals surface area contributed by atoms with Crippen molar-refractivity contribution in [2.24, 2.45) is 0 Å². The molecule has 2 heterocycles. The van der Waals surface area contributed by atoms with E-state index in [1.54, 1.807) is 18.2 Å². The Bertz CT molecular complexity index is 994. The molecule has 152 valence electrons. The summed E-state index contributed by atoms with van der Waals surface area (Å²) in [6, 6.07) is 3.85. The van der Waals surface area contributed by atoms with Crippen molar-refractivity contribution in [2.75, 3.05) is 16.9 Å². The molecule has 1 unspecified atom stereocenters. The Labute approximate surface area is 189 Å². The second-order valence-electron chi connectivity index (χ2n) is 6.20. The van der Waals surface area contributed by atoms with Crippen LogP contribution in [0.5, 0.6) is 0 Å². The van der Waals surface area contributed by atoms with Crippen LogP contribution in [0.2, 0.25) is 0 Å². The second kappa shape index (κ2) is 8.58. The maximum absolute atomic E-state index is 13.2. The van der Waals surface area contributed by atoms with Crippen LogP contribution in [0, 0.1) is 0 Å². The maximum atomic E-state index is 13.2. The normalized spacial score (nSPS) is 19.8. The number of amides is 3. The Morgan fingerprint density at radius 2 is 2.00 bits per heavy atom. The van der Waals surface area contributed by atoms with Crippen LogP contribution in [0.4, 0.5) is 5.69 Å². The average molecular weight is 515 g/mol. The van der Waals surface area contributed by atoms with Crippen molar-refractivity contribution < 1.29 is 24.3 Å². The fourth-order valence-electron chi connectivity index (χ4n) is 3.16. The number of carboxylic acids is 1. The highest BCUT2D eigenvalue weighted by molar-refractivity contribution is 9.10. The van der Waals surface area contributed by atoms with Crippen LogP contribution in [0.15, 0.2) is 27.6 Å². The number of aliphatic carboxylic acids is 1. The van der Waals surface area contributed by atoms with Gasteiger partial charge in [0.15, 0.2) is 0 Å². The third-order valence-electron chi connectivity index (χ3n) is 4.42. The molecule has 1 N–H and O–H groups in total. The summed E-state index contributed by atoms with van der Waals surface area (Å²) in [6.45, 7) is 1.26. The zero-order valence-electron chi connectivity index (χ0n) is 15.3. The number of carbonyl (C=O) groups is 4. The Balaban J connectivity index is 2.12. The van der Waals surface area contributed by atoms with Gasteiger partial charge in [0.25, 0.3) is 11.8 Å². The third kappa shape index (κ3) is 3.88. The smallest absolute Gasteiger partial charge is 0.326 e. The maximum Gasteiger partial charge on any atom is 0.326 e. The number of thioether (sulfide) groups is 2. The topological polar surface area (TPSA) is 95.0 Å². The molecule has 3 rings (SSSR count). The zero-order valence-corrected chi connectivity index (χ0v) is 19.3. The highest BCUT2D eigenvalue weighted by Gasteiger charge is 2.46. The van der Waals surface area contributed by atoms with E-state index in [9.17, 15) is 24.3 Å². The van der Waals surface area contributed by atoms with E-state index >= 15 is 0 Å². The van der Waals surface area contributed by atoms with Gasteiger partial charge in [0.2, 0.25) is 5.91 Å². The first-order valence-electron chi connectivity index (χ1n) is 8.35. The first kappa shape index (κ1) is 22.0. The van der Waals surface area contributed by atoms with Crippen molar-refractivity contribution in [3.8, 4) is 0 Å². The van der Waals surface area contributed by atoms with Crippen molar-refractivity contribution >= 4 is 90.9 Å². The lowest BCUT2D eigenvalue weighted by atomic mass is 10.1. The summed E-state index contributed by atoms with van der Waals surface area (Å²) in [5.41, 5.74) is 0.865. The summed E-state index contributed by atoms with van der Waals surface area (Å²) in [5, 5.41) is 9.59. The van der Waals surface area contributed by atoms with Crippen molar-refractivity contribution in [3.63, 3.8) is 0 Å². The third-order valence-corrected chi connectivity index (χ3v) is 6.96. The number of anilines is 1. The fourth-order valence-corrected chi connectivity index (χ4v) is 5.41. The Kier molecular flexibility index (Phi) is 6.51. The van der Waals surface area contributed by atoms with E-state index in [0.29, 0.717) is 21.5 Å². The molecule has 0 radical (unpaired) electrons. The van der Waals surface area contributed by atoms with Gasteiger partial charge in [-0.25, -0.2) is 9.69 Å². The van der Waals surface area contributed by atoms with Crippen LogP contribution in [-0.4, -0.2) is 56.1 Å². The van der Waals surface area contributed by atoms with E-state index in [4.69, 9.17) is 12.2 Å². The van der Waals surface area contributed by atoms with Crippen LogP contribution < -0.4 is 4.90 Å². The van der Waals surface area contributed by atoms with Crippen molar-refractivity contribution in [3.05, 3.63) is 33.1 Å². The van der Waals surface area contributed by atoms with Gasteiger partial charge in [-0.15, -0.1) is 0 Å². The van der Waals surface area contributed by atoms with Crippen LogP contribution in [0.1, 0.15) is 18.9 Å². The molecular formula is C18H15BrN2O5S3. The lowest BCUT2D eigenvalue weighted by molar-refractivity contribution is -0.145. The SMILES string of the molecule is CSCCC(C(=O)O)N1C(=O)/C(=C2/C(=O)N(C(C)=O)c3ccc(Br)cc32)SC1=S. The lowest BCUT2D eigenvalue weighted by Gasteiger charge is -2.22.